The molecule has 0 unspecified atom stereocenters. The summed E-state index contributed by atoms with van der Waals surface area (Å²) in [6, 6.07) is 16.9. The Morgan fingerprint density at radius 2 is 1.88 bits per heavy atom. The van der Waals surface area contributed by atoms with E-state index in [2.05, 4.69) is 83.8 Å². The minimum atomic E-state index is 0.676. The Morgan fingerprint density at radius 1 is 1.04 bits per heavy atom. The molecule has 0 atom stereocenters. The van der Waals surface area contributed by atoms with Crippen LogP contribution in [0.2, 0.25) is 0 Å². The van der Waals surface area contributed by atoms with Gasteiger partial charge >= 0.3 is 0 Å². The molecule has 0 aliphatic heterocycles. The number of nitrogens with zero attached hydrogens (tertiary/aromatic N) is 1. The topological polar surface area (TPSA) is 29.0 Å². The van der Waals surface area contributed by atoms with Gasteiger partial charge in [0.15, 0.2) is 5.11 Å². The van der Waals surface area contributed by atoms with Crippen molar-refractivity contribution in [1.82, 2.24) is 9.88 Å². The summed E-state index contributed by atoms with van der Waals surface area (Å²) in [5, 5.41) is 8.50. The van der Waals surface area contributed by atoms with Gasteiger partial charge in [-0.2, -0.15) is 0 Å². The van der Waals surface area contributed by atoms with Crippen LogP contribution in [0.1, 0.15) is 17.5 Å². The number of aryl methyl sites for hydroxylation is 3. The molecule has 2 N–H and O–H groups in total. The van der Waals surface area contributed by atoms with Gasteiger partial charge < -0.3 is 15.2 Å². The van der Waals surface area contributed by atoms with Crippen molar-refractivity contribution < 1.29 is 0 Å². The average molecular weight is 337 g/mol. The highest BCUT2D eigenvalue weighted by Gasteiger charge is 2.01. The van der Waals surface area contributed by atoms with Gasteiger partial charge in [-0.25, -0.2) is 0 Å². The van der Waals surface area contributed by atoms with Crippen molar-refractivity contribution in [3.05, 3.63) is 65.9 Å². The smallest absolute Gasteiger partial charge is 0.170 e. The Morgan fingerprint density at radius 3 is 2.71 bits per heavy atom. The van der Waals surface area contributed by atoms with Gasteiger partial charge in [-0.1, -0.05) is 24.3 Å². The quantitative estimate of drug-likeness (QED) is 0.525. The lowest BCUT2D eigenvalue weighted by atomic mass is 10.1. The number of hydrogen-bond acceptors (Lipinski definition) is 1. The highest BCUT2D eigenvalue weighted by Crippen LogP contribution is 2.15. The van der Waals surface area contributed by atoms with E-state index in [0.717, 1.165) is 25.2 Å². The van der Waals surface area contributed by atoms with Crippen LogP contribution in [0.4, 0.5) is 5.69 Å². The normalized spacial score (nSPS) is 10.8. The fourth-order valence-corrected chi connectivity index (χ4v) is 3.00. The molecule has 0 fully saturated rings. The van der Waals surface area contributed by atoms with Gasteiger partial charge in [0.2, 0.25) is 0 Å². The maximum absolute atomic E-state index is 5.37. The molecular weight excluding hydrogens is 314 g/mol. The zero-order valence-electron chi connectivity index (χ0n) is 14.2. The zero-order chi connectivity index (χ0) is 16.9. The second-order valence-electron chi connectivity index (χ2n) is 6.10. The number of rotatable bonds is 5. The third-order valence-electron chi connectivity index (χ3n) is 4.31. The summed E-state index contributed by atoms with van der Waals surface area (Å²) in [6.45, 7) is 6.05. The highest BCUT2D eigenvalue weighted by molar-refractivity contribution is 7.80. The minimum Gasteiger partial charge on any atom is -0.362 e. The van der Waals surface area contributed by atoms with Gasteiger partial charge in [-0.05, 0) is 73.3 Å². The molecule has 1 heterocycles. The average Bonchev–Trinajstić information content (AvgIpc) is 2.98. The fraction of sp³-hybridized carbons (Fsp3) is 0.250. The van der Waals surface area contributed by atoms with E-state index in [-0.39, 0.29) is 0 Å². The monoisotopic (exact) mass is 337 g/mol. The fourth-order valence-electron chi connectivity index (χ4n) is 2.78. The Balaban J connectivity index is 1.46. The van der Waals surface area contributed by atoms with Gasteiger partial charge in [-0.15, -0.1) is 0 Å². The van der Waals surface area contributed by atoms with Gasteiger partial charge in [-0.3, -0.25) is 0 Å². The van der Waals surface area contributed by atoms with Crippen molar-refractivity contribution in [2.75, 3.05) is 11.9 Å². The number of benzene rings is 2. The van der Waals surface area contributed by atoms with Crippen molar-refractivity contribution in [2.24, 2.45) is 0 Å². The lowest BCUT2D eigenvalue weighted by molar-refractivity contribution is 0.649. The van der Waals surface area contributed by atoms with E-state index in [9.17, 15) is 0 Å². The number of anilines is 1. The number of para-hydroxylation sites is 1. The predicted molar refractivity (Wildman–Crippen MR) is 107 cm³/mol. The van der Waals surface area contributed by atoms with E-state index in [0.29, 0.717) is 5.11 Å². The maximum Gasteiger partial charge on any atom is 0.170 e. The molecule has 0 radical (unpaired) electrons. The standard InChI is InChI=1S/C20H23N3S/c1-15-8-9-18(14-16(15)2)22-20(24)21-11-5-12-23-13-10-17-6-3-4-7-19(17)23/h3-4,6-10,13-14H,5,11-12H2,1-2H3,(H2,21,22,24). The van der Waals surface area contributed by atoms with Gasteiger partial charge in [0.05, 0.1) is 0 Å². The molecule has 0 aliphatic carbocycles. The lowest BCUT2D eigenvalue weighted by Gasteiger charge is -2.12. The first-order valence-electron chi connectivity index (χ1n) is 8.29. The second kappa shape index (κ2) is 7.49. The number of nitrogens with one attached hydrogen (secondary N) is 2. The first kappa shape index (κ1) is 16.5. The number of fused-ring (bicyclic) bond motifs is 1. The van der Waals surface area contributed by atoms with Crippen molar-refractivity contribution in [3.63, 3.8) is 0 Å². The molecule has 0 amide bonds. The van der Waals surface area contributed by atoms with E-state index in [1.807, 2.05) is 0 Å². The van der Waals surface area contributed by atoms with Crippen molar-refractivity contribution in [3.8, 4) is 0 Å². The van der Waals surface area contributed by atoms with Crippen LogP contribution in [0.25, 0.3) is 10.9 Å². The van der Waals surface area contributed by atoms with Crippen LogP contribution in [0, 0.1) is 13.8 Å². The van der Waals surface area contributed by atoms with Crippen molar-refractivity contribution >= 4 is 33.9 Å². The molecule has 0 bridgehead atoms. The SMILES string of the molecule is Cc1ccc(NC(=S)NCCCn2ccc3ccccc32)cc1C. The minimum absolute atomic E-state index is 0.676. The zero-order valence-corrected chi connectivity index (χ0v) is 15.0. The van der Waals surface area contributed by atoms with Gasteiger partial charge in [0.25, 0.3) is 0 Å². The Bertz CT molecular complexity index is 851. The summed E-state index contributed by atoms with van der Waals surface area (Å²) < 4.78 is 2.29. The summed E-state index contributed by atoms with van der Waals surface area (Å²) in [5.41, 5.74) is 4.88. The molecular formula is C20H23N3S. The van der Waals surface area contributed by atoms with Crippen LogP contribution >= 0.6 is 12.2 Å². The molecule has 3 aromatic rings. The Hall–Kier alpha value is -2.33. The van der Waals surface area contributed by atoms with Crippen LogP contribution in [0.3, 0.4) is 0 Å². The number of hydrogen-bond donors (Lipinski definition) is 2. The largest absolute Gasteiger partial charge is 0.362 e. The first-order chi connectivity index (χ1) is 11.6. The molecule has 0 saturated carbocycles. The van der Waals surface area contributed by atoms with Crippen molar-refractivity contribution in [2.45, 2.75) is 26.8 Å². The first-order valence-corrected chi connectivity index (χ1v) is 8.70. The van der Waals surface area contributed by atoms with Gasteiger partial charge in [0, 0.05) is 30.5 Å². The molecule has 0 saturated heterocycles. The number of thiocarbonyl (C=S) groups is 1. The molecule has 1 aromatic heterocycles. The Labute approximate surface area is 148 Å². The maximum atomic E-state index is 5.37. The molecule has 3 nitrogen and oxygen atoms in total. The summed E-state index contributed by atoms with van der Waals surface area (Å²) in [6.07, 6.45) is 3.17. The van der Waals surface area contributed by atoms with Crippen LogP contribution in [0.5, 0.6) is 0 Å². The molecule has 0 aliphatic rings. The van der Waals surface area contributed by atoms with Crippen LogP contribution in [-0.2, 0) is 6.54 Å². The molecule has 0 spiro atoms. The molecule has 24 heavy (non-hydrogen) atoms. The van der Waals surface area contributed by atoms with E-state index in [1.54, 1.807) is 0 Å². The second-order valence-corrected chi connectivity index (χ2v) is 6.51. The van der Waals surface area contributed by atoms with E-state index >= 15 is 0 Å². The Kier molecular flexibility index (Phi) is 5.16. The third kappa shape index (κ3) is 3.95. The van der Waals surface area contributed by atoms with E-state index in [4.69, 9.17) is 12.2 Å². The predicted octanol–water partition coefficient (Wildman–Crippen LogP) is 4.63. The lowest BCUT2D eigenvalue weighted by Crippen LogP contribution is -2.29. The summed E-state index contributed by atoms with van der Waals surface area (Å²) >= 11 is 5.37. The molecule has 124 valence electrons. The van der Waals surface area contributed by atoms with Crippen LogP contribution < -0.4 is 10.6 Å². The molecule has 4 heteroatoms. The van der Waals surface area contributed by atoms with Crippen LogP contribution in [0.15, 0.2) is 54.7 Å². The highest BCUT2D eigenvalue weighted by atomic mass is 32.1. The number of aromatic nitrogens is 1. The van der Waals surface area contributed by atoms with Crippen molar-refractivity contribution in [1.29, 1.82) is 0 Å². The summed E-state index contributed by atoms with van der Waals surface area (Å²) in [5.74, 6) is 0. The van der Waals surface area contributed by atoms with E-state index in [1.165, 1.54) is 22.0 Å². The van der Waals surface area contributed by atoms with E-state index < -0.39 is 0 Å². The summed E-state index contributed by atoms with van der Waals surface area (Å²) in [4.78, 5) is 0. The third-order valence-corrected chi connectivity index (χ3v) is 4.55. The molecule has 2 aromatic carbocycles. The molecule has 3 rings (SSSR count). The van der Waals surface area contributed by atoms with Crippen LogP contribution in [-0.4, -0.2) is 16.2 Å². The summed E-state index contributed by atoms with van der Waals surface area (Å²) in [7, 11) is 0. The van der Waals surface area contributed by atoms with Gasteiger partial charge in [0.1, 0.15) is 0 Å².